The molecule has 0 aliphatic carbocycles. The summed E-state index contributed by atoms with van der Waals surface area (Å²) in [5, 5.41) is 2.17. The van der Waals surface area contributed by atoms with Crippen LogP contribution in [0.5, 0.6) is 0 Å². The topological polar surface area (TPSA) is 29.3 Å². The molecule has 1 aliphatic rings. The maximum absolute atomic E-state index is 6.27. The molecule has 2 rings (SSSR count). The molecule has 2 nitrogen and oxygen atoms in total. The van der Waals surface area contributed by atoms with Crippen LogP contribution in [-0.2, 0) is 0 Å². The van der Waals surface area contributed by atoms with E-state index in [4.69, 9.17) is 5.73 Å². The van der Waals surface area contributed by atoms with E-state index in [0.717, 1.165) is 11.8 Å². The molecule has 0 saturated carbocycles. The van der Waals surface area contributed by atoms with E-state index in [1.165, 1.54) is 37.2 Å². The average molecular weight is 280 g/mol. The van der Waals surface area contributed by atoms with Crippen molar-refractivity contribution in [1.29, 1.82) is 0 Å². The molecule has 3 unspecified atom stereocenters. The second-order valence-electron chi connectivity index (χ2n) is 6.29. The van der Waals surface area contributed by atoms with Gasteiger partial charge in [0.15, 0.2) is 0 Å². The first kappa shape index (κ1) is 15.0. The molecule has 0 bridgehead atoms. The maximum atomic E-state index is 6.27. The molecule has 0 radical (unpaired) electrons. The summed E-state index contributed by atoms with van der Waals surface area (Å²) in [4.78, 5) is 4.05. The number of hydrogen-bond acceptors (Lipinski definition) is 3. The Morgan fingerprint density at radius 2 is 2.05 bits per heavy atom. The zero-order valence-electron chi connectivity index (χ0n) is 12.5. The molecule has 0 amide bonds. The molecular weight excluding hydrogens is 252 g/mol. The molecule has 1 fully saturated rings. The van der Waals surface area contributed by atoms with Gasteiger partial charge in [0.05, 0.1) is 6.04 Å². The van der Waals surface area contributed by atoms with Gasteiger partial charge < -0.3 is 5.73 Å². The smallest absolute Gasteiger partial charge is 0.0590 e. The van der Waals surface area contributed by atoms with E-state index >= 15 is 0 Å². The third kappa shape index (κ3) is 3.80. The summed E-state index contributed by atoms with van der Waals surface area (Å²) in [5.41, 5.74) is 6.27. The van der Waals surface area contributed by atoms with Crippen molar-refractivity contribution in [1.82, 2.24) is 4.90 Å². The number of thiophene rings is 1. The Labute approximate surface area is 122 Å². The summed E-state index contributed by atoms with van der Waals surface area (Å²) in [6, 6.07) is 4.99. The van der Waals surface area contributed by atoms with Crippen molar-refractivity contribution in [2.24, 2.45) is 17.6 Å². The average Bonchev–Trinajstić information content (AvgIpc) is 2.74. The molecule has 1 aromatic heterocycles. The highest BCUT2D eigenvalue weighted by Crippen LogP contribution is 2.32. The number of nitrogens with two attached hydrogens (primary N) is 1. The Bertz CT molecular complexity index is 359. The molecule has 2 heterocycles. The Kier molecular flexibility index (Phi) is 5.43. The van der Waals surface area contributed by atoms with Gasteiger partial charge in [-0.2, -0.15) is 0 Å². The third-order valence-corrected chi connectivity index (χ3v) is 5.42. The summed E-state index contributed by atoms with van der Waals surface area (Å²) in [6.07, 6.45) is 4.02. The highest BCUT2D eigenvalue weighted by molar-refractivity contribution is 7.10. The van der Waals surface area contributed by atoms with Crippen LogP contribution >= 0.6 is 11.3 Å². The second kappa shape index (κ2) is 6.87. The monoisotopic (exact) mass is 280 g/mol. The van der Waals surface area contributed by atoms with Gasteiger partial charge in [0.1, 0.15) is 0 Å². The second-order valence-corrected chi connectivity index (χ2v) is 7.27. The summed E-state index contributed by atoms with van der Waals surface area (Å²) in [5.74, 6) is 1.71. The van der Waals surface area contributed by atoms with Crippen LogP contribution in [0.25, 0.3) is 0 Å². The van der Waals surface area contributed by atoms with Crippen molar-refractivity contribution in [3.63, 3.8) is 0 Å². The van der Waals surface area contributed by atoms with Gasteiger partial charge in [0.25, 0.3) is 0 Å². The number of likely N-dealkylation sites (tertiary alicyclic amines) is 1. The molecule has 108 valence electrons. The predicted octanol–water partition coefficient (Wildman–Crippen LogP) is 3.89. The number of hydrogen-bond donors (Lipinski definition) is 1. The molecular formula is C16H28N2S. The molecule has 3 heteroatoms. The van der Waals surface area contributed by atoms with Crippen LogP contribution in [0, 0.1) is 11.8 Å². The molecule has 3 atom stereocenters. The van der Waals surface area contributed by atoms with E-state index in [1.807, 2.05) is 11.3 Å². The summed E-state index contributed by atoms with van der Waals surface area (Å²) in [7, 11) is 0. The zero-order valence-corrected chi connectivity index (χ0v) is 13.3. The van der Waals surface area contributed by atoms with Gasteiger partial charge in [0, 0.05) is 10.9 Å². The molecule has 1 saturated heterocycles. The first-order valence-corrected chi connectivity index (χ1v) is 8.50. The Balaban J connectivity index is 2.06. The lowest BCUT2D eigenvalue weighted by atomic mass is 9.89. The molecule has 0 aromatic carbocycles. The Morgan fingerprint density at radius 1 is 1.26 bits per heavy atom. The Hall–Kier alpha value is -0.380. The lowest BCUT2D eigenvalue weighted by Crippen LogP contribution is -2.39. The molecule has 0 spiro atoms. The molecule has 19 heavy (non-hydrogen) atoms. The predicted molar refractivity (Wildman–Crippen MR) is 84.5 cm³/mol. The van der Waals surface area contributed by atoms with Crippen molar-refractivity contribution < 1.29 is 0 Å². The lowest BCUT2D eigenvalue weighted by molar-refractivity contribution is 0.181. The molecule has 1 aliphatic heterocycles. The quantitative estimate of drug-likeness (QED) is 0.906. The molecule has 1 aromatic rings. The summed E-state index contributed by atoms with van der Waals surface area (Å²) >= 11 is 1.85. The lowest BCUT2D eigenvalue weighted by Gasteiger charge is -2.33. The van der Waals surface area contributed by atoms with Crippen molar-refractivity contribution in [3.8, 4) is 0 Å². The third-order valence-electron chi connectivity index (χ3n) is 4.48. The zero-order chi connectivity index (χ0) is 13.8. The van der Waals surface area contributed by atoms with Gasteiger partial charge in [-0.05, 0) is 62.6 Å². The minimum Gasteiger partial charge on any atom is -0.326 e. The van der Waals surface area contributed by atoms with Crippen LogP contribution in [0.15, 0.2) is 17.5 Å². The van der Waals surface area contributed by atoms with Crippen molar-refractivity contribution in [2.45, 2.75) is 52.1 Å². The molecule has 2 N–H and O–H groups in total. The van der Waals surface area contributed by atoms with Gasteiger partial charge >= 0.3 is 0 Å². The SMILES string of the molecule is CC(C)C1CCCN(C(c2cccs2)C(C)N)CC1. The first-order valence-electron chi connectivity index (χ1n) is 7.62. The van der Waals surface area contributed by atoms with E-state index in [1.54, 1.807) is 0 Å². The van der Waals surface area contributed by atoms with Gasteiger partial charge in [0.2, 0.25) is 0 Å². The summed E-state index contributed by atoms with van der Waals surface area (Å²) in [6.45, 7) is 9.28. The van der Waals surface area contributed by atoms with Crippen molar-refractivity contribution >= 4 is 11.3 Å². The highest BCUT2D eigenvalue weighted by Gasteiger charge is 2.28. The van der Waals surface area contributed by atoms with Crippen LogP contribution in [0.3, 0.4) is 0 Å². The minimum absolute atomic E-state index is 0.203. The highest BCUT2D eigenvalue weighted by atomic mass is 32.1. The van der Waals surface area contributed by atoms with Crippen LogP contribution in [-0.4, -0.2) is 24.0 Å². The van der Waals surface area contributed by atoms with Crippen LogP contribution in [0.4, 0.5) is 0 Å². The van der Waals surface area contributed by atoms with Crippen molar-refractivity contribution in [2.75, 3.05) is 13.1 Å². The van der Waals surface area contributed by atoms with Gasteiger partial charge in [-0.25, -0.2) is 0 Å². The normalized spacial score (nSPS) is 25.2. The van der Waals surface area contributed by atoms with Gasteiger partial charge in [-0.1, -0.05) is 19.9 Å². The standard InChI is InChI=1S/C16H28N2S/c1-12(2)14-6-4-9-18(10-8-14)16(13(3)17)15-7-5-11-19-15/h5,7,11-14,16H,4,6,8-10,17H2,1-3H3. The fourth-order valence-electron chi connectivity index (χ4n) is 3.32. The fraction of sp³-hybridized carbons (Fsp3) is 0.750. The summed E-state index contributed by atoms with van der Waals surface area (Å²) < 4.78 is 0. The Morgan fingerprint density at radius 3 is 2.63 bits per heavy atom. The fourth-order valence-corrected chi connectivity index (χ4v) is 4.29. The van der Waals surface area contributed by atoms with E-state index < -0.39 is 0 Å². The van der Waals surface area contributed by atoms with Crippen LogP contribution in [0.2, 0.25) is 0 Å². The van der Waals surface area contributed by atoms with Gasteiger partial charge in [-0.15, -0.1) is 11.3 Å². The van der Waals surface area contributed by atoms with Crippen LogP contribution < -0.4 is 5.73 Å². The van der Waals surface area contributed by atoms with Crippen molar-refractivity contribution in [3.05, 3.63) is 22.4 Å². The van der Waals surface area contributed by atoms with E-state index in [2.05, 4.69) is 43.2 Å². The maximum Gasteiger partial charge on any atom is 0.0590 e. The minimum atomic E-state index is 0.203. The van der Waals surface area contributed by atoms with E-state index in [-0.39, 0.29) is 6.04 Å². The van der Waals surface area contributed by atoms with E-state index in [9.17, 15) is 0 Å². The number of nitrogens with zero attached hydrogens (tertiary/aromatic N) is 1. The first-order chi connectivity index (χ1) is 9.09. The largest absolute Gasteiger partial charge is 0.326 e. The van der Waals surface area contributed by atoms with Crippen LogP contribution in [0.1, 0.15) is 51.0 Å². The number of rotatable bonds is 4. The van der Waals surface area contributed by atoms with Gasteiger partial charge in [-0.3, -0.25) is 4.90 Å². The van der Waals surface area contributed by atoms with E-state index in [0.29, 0.717) is 6.04 Å².